The summed E-state index contributed by atoms with van der Waals surface area (Å²) in [5.41, 5.74) is 0.961. The molecule has 1 rings (SSSR count). The fraction of sp³-hybridized carbons (Fsp3) is 0.182. The monoisotopic (exact) mass is 224 g/mol. The Kier molecular flexibility index (Phi) is 3.59. The quantitative estimate of drug-likeness (QED) is 0.719. The molecule has 1 aromatic carbocycles. The van der Waals surface area contributed by atoms with Crippen molar-refractivity contribution in [1.29, 1.82) is 0 Å². The highest BCUT2D eigenvalue weighted by Gasteiger charge is 2.03. The number of phenolic OH excluding ortho intramolecular Hbond substituents is 1. The van der Waals surface area contributed by atoms with E-state index in [0.717, 1.165) is 0 Å². The Balaban J connectivity index is 3.02. The molecule has 0 atom stereocenters. The van der Waals surface area contributed by atoms with Crippen molar-refractivity contribution in [3.05, 3.63) is 28.3 Å². The molecule has 0 aliphatic carbocycles. The normalized spacial score (nSPS) is 9.20. The molecule has 0 amide bonds. The zero-order valence-corrected chi connectivity index (χ0v) is 8.80. The lowest BCUT2D eigenvalue weighted by Gasteiger charge is -2.01. The molecule has 0 aliphatic heterocycles. The maximum Gasteiger partial charge on any atom is 0.315 e. The van der Waals surface area contributed by atoms with Gasteiger partial charge in [0.1, 0.15) is 12.2 Å². The number of phenols is 1. The number of aliphatic carboxylic acids is 1. The number of hydrogen-bond acceptors (Lipinski definition) is 2. The maximum absolute atomic E-state index is 10.2. The summed E-state index contributed by atoms with van der Waals surface area (Å²) in [6, 6.07) is 3.11. The number of benzene rings is 1. The summed E-state index contributed by atoms with van der Waals surface area (Å²) in [5, 5.41) is 18.4. The second-order valence-corrected chi connectivity index (χ2v) is 3.43. The van der Waals surface area contributed by atoms with Crippen LogP contribution in [-0.4, -0.2) is 16.2 Å². The molecule has 0 aliphatic rings. The number of carboxylic acids is 1. The average molecular weight is 225 g/mol. The van der Waals surface area contributed by atoms with Crippen molar-refractivity contribution >= 4 is 17.6 Å². The molecule has 0 spiro atoms. The van der Waals surface area contributed by atoms with Crippen LogP contribution in [0.4, 0.5) is 0 Å². The zero-order chi connectivity index (χ0) is 11.4. The van der Waals surface area contributed by atoms with Gasteiger partial charge in [-0.1, -0.05) is 23.4 Å². The van der Waals surface area contributed by atoms with Crippen LogP contribution in [0.5, 0.6) is 5.75 Å². The van der Waals surface area contributed by atoms with Crippen LogP contribution in [0.15, 0.2) is 12.1 Å². The van der Waals surface area contributed by atoms with Crippen molar-refractivity contribution in [2.45, 2.75) is 13.3 Å². The third kappa shape index (κ3) is 3.19. The Hall–Kier alpha value is -1.66. The van der Waals surface area contributed by atoms with Gasteiger partial charge in [0, 0.05) is 5.02 Å². The average Bonchev–Trinajstić information content (AvgIpc) is 2.12. The van der Waals surface area contributed by atoms with Gasteiger partial charge in [-0.15, -0.1) is 0 Å². The number of aromatic hydroxyl groups is 1. The zero-order valence-electron chi connectivity index (χ0n) is 8.04. The lowest BCUT2D eigenvalue weighted by Crippen LogP contribution is -1.90. The lowest BCUT2D eigenvalue weighted by molar-refractivity contribution is -0.135. The summed E-state index contributed by atoms with van der Waals surface area (Å²) < 4.78 is 0. The molecule has 78 valence electrons. The first-order valence-corrected chi connectivity index (χ1v) is 4.58. The third-order valence-electron chi connectivity index (χ3n) is 1.73. The molecule has 0 bridgehead atoms. The van der Waals surface area contributed by atoms with Gasteiger partial charge in [-0.05, 0) is 24.6 Å². The van der Waals surface area contributed by atoms with Crippen LogP contribution >= 0.6 is 11.6 Å². The topological polar surface area (TPSA) is 57.5 Å². The van der Waals surface area contributed by atoms with E-state index in [2.05, 4.69) is 11.8 Å². The second-order valence-electron chi connectivity index (χ2n) is 2.99. The van der Waals surface area contributed by atoms with Crippen LogP contribution in [0.3, 0.4) is 0 Å². The van der Waals surface area contributed by atoms with E-state index in [9.17, 15) is 9.90 Å². The SMILES string of the molecule is Cc1cc(Cl)cc(C#CCC(=O)O)c1O. The van der Waals surface area contributed by atoms with Gasteiger partial charge in [0.2, 0.25) is 0 Å². The first kappa shape index (κ1) is 11.4. The van der Waals surface area contributed by atoms with E-state index in [4.69, 9.17) is 16.7 Å². The molecule has 1 aromatic rings. The number of hydrogen-bond donors (Lipinski definition) is 2. The summed E-state index contributed by atoms with van der Waals surface area (Å²) in [5.74, 6) is 4.03. The Morgan fingerprint density at radius 3 is 2.80 bits per heavy atom. The molecular weight excluding hydrogens is 216 g/mol. The smallest absolute Gasteiger partial charge is 0.315 e. The highest BCUT2D eigenvalue weighted by atomic mass is 35.5. The number of rotatable bonds is 1. The van der Waals surface area contributed by atoms with Gasteiger partial charge in [0.15, 0.2) is 0 Å². The Bertz CT molecular complexity index is 455. The minimum Gasteiger partial charge on any atom is -0.506 e. The van der Waals surface area contributed by atoms with Crippen LogP contribution in [0.25, 0.3) is 0 Å². The largest absolute Gasteiger partial charge is 0.506 e. The van der Waals surface area contributed by atoms with Gasteiger partial charge in [0.05, 0.1) is 5.56 Å². The summed E-state index contributed by atoms with van der Waals surface area (Å²) in [7, 11) is 0. The fourth-order valence-electron chi connectivity index (χ4n) is 1.05. The molecule has 0 radical (unpaired) electrons. The van der Waals surface area contributed by atoms with E-state index < -0.39 is 5.97 Å². The van der Waals surface area contributed by atoms with Crippen molar-refractivity contribution in [3.8, 4) is 17.6 Å². The van der Waals surface area contributed by atoms with Crippen LogP contribution in [-0.2, 0) is 4.79 Å². The molecule has 0 fully saturated rings. The minimum atomic E-state index is -0.999. The predicted molar refractivity (Wildman–Crippen MR) is 57.0 cm³/mol. The molecule has 4 heteroatoms. The Morgan fingerprint density at radius 1 is 1.53 bits per heavy atom. The van der Waals surface area contributed by atoms with Gasteiger partial charge in [-0.3, -0.25) is 4.79 Å². The van der Waals surface area contributed by atoms with Crippen molar-refractivity contribution < 1.29 is 15.0 Å². The van der Waals surface area contributed by atoms with Crippen molar-refractivity contribution in [1.82, 2.24) is 0 Å². The molecule has 0 saturated carbocycles. The highest BCUT2D eigenvalue weighted by molar-refractivity contribution is 6.30. The van der Waals surface area contributed by atoms with E-state index >= 15 is 0 Å². The maximum atomic E-state index is 10.2. The number of halogens is 1. The van der Waals surface area contributed by atoms with Gasteiger partial charge < -0.3 is 10.2 Å². The molecule has 0 aromatic heterocycles. The van der Waals surface area contributed by atoms with Gasteiger partial charge >= 0.3 is 5.97 Å². The summed E-state index contributed by atoms with van der Waals surface area (Å²) >= 11 is 5.77. The molecule has 0 heterocycles. The van der Waals surface area contributed by atoms with E-state index in [1.807, 2.05) is 0 Å². The second kappa shape index (κ2) is 4.72. The number of carbonyl (C=O) groups is 1. The molecule has 0 saturated heterocycles. The molecular formula is C11H9ClO3. The van der Waals surface area contributed by atoms with Crippen LogP contribution in [0.2, 0.25) is 5.02 Å². The van der Waals surface area contributed by atoms with Gasteiger partial charge in [-0.2, -0.15) is 0 Å². The summed E-state index contributed by atoms with van der Waals surface area (Å²) in [4.78, 5) is 10.2. The first-order valence-electron chi connectivity index (χ1n) is 4.20. The van der Waals surface area contributed by atoms with Crippen molar-refractivity contribution in [2.75, 3.05) is 0 Å². The molecule has 3 nitrogen and oxygen atoms in total. The Labute approximate surface area is 92.3 Å². The van der Waals surface area contributed by atoms with Crippen molar-refractivity contribution in [3.63, 3.8) is 0 Å². The molecule has 0 unspecified atom stereocenters. The minimum absolute atomic E-state index is 0.0392. The standard InChI is InChI=1S/C11H9ClO3/c1-7-5-9(12)6-8(11(7)15)3-2-4-10(13)14/h5-6,15H,4H2,1H3,(H,13,14). The van der Waals surface area contributed by atoms with Gasteiger partial charge in [0.25, 0.3) is 0 Å². The third-order valence-corrected chi connectivity index (χ3v) is 1.95. The van der Waals surface area contributed by atoms with Crippen molar-refractivity contribution in [2.24, 2.45) is 0 Å². The van der Waals surface area contributed by atoms with E-state index in [1.54, 1.807) is 13.0 Å². The predicted octanol–water partition coefficient (Wildman–Crippen LogP) is 2.18. The van der Waals surface area contributed by atoms with E-state index in [-0.39, 0.29) is 12.2 Å². The highest BCUT2D eigenvalue weighted by Crippen LogP contribution is 2.25. The summed E-state index contributed by atoms with van der Waals surface area (Å²) in [6.45, 7) is 1.70. The van der Waals surface area contributed by atoms with Crippen LogP contribution in [0, 0.1) is 18.8 Å². The summed E-state index contributed by atoms with van der Waals surface area (Å²) in [6.07, 6.45) is -0.259. The first-order chi connectivity index (χ1) is 7.00. The molecule has 2 N–H and O–H groups in total. The van der Waals surface area contributed by atoms with Crippen LogP contribution in [0.1, 0.15) is 17.5 Å². The number of aryl methyl sites for hydroxylation is 1. The molecule has 15 heavy (non-hydrogen) atoms. The van der Waals surface area contributed by atoms with E-state index in [0.29, 0.717) is 16.1 Å². The fourth-order valence-corrected chi connectivity index (χ4v) is 1.32. The van der Waals surface area contributed by atoms with Crippen LogP contribution < -0.4 is 0 Å². The lowest BCUT2D eigenvalue weighted by atomic mass is 10.1. The Morgan fingerprint density at radius 2 is 2.20 bits per heavy atom. The van der Waals surface area contributed by atoms with E-state index in [1.165, 1.54) is 6.07 Å². The number of carboxylic acid groups (broad SMARTS) is 1. The van der Waals surface area contributed by atoms with Gasteiger partial charge in [-0.25, -0.2) is 0 Å².